The summed E-state index contributed by atoms with van der Waals surface area (Å²) in [7, 11) is 0. The predicted octanol–water partition coefficient (Wildman–Crippen LogP) is 4.96. The van der Waals surface area contributed by atoms with Crippen LogP contribution < -0.4 is 5.32 Å². The van der Waals surface area contributed by atoms with Gasteiger partial charge in [0.1, 0.15) is 0 Å². The highest BCUT2D eigenvalue weighted by atomic mass is 35.5. The lowest BCUT2D eigenvalue weighted by atomic mass is 10.2. The highest BCUT2D eigenvalue weighted by Crippen LogP contribution is 2.24. The van der Waals surface area contributed by atoms with Crippen LogP contribution in [0.2, 0.25) is 10.0 Å². The quantitative estimate of drug-likeness (QED) is 0.732. The molecule has 0 amide bonds. The molecule has 22 heavy (non-hydrogen) atoms. The van der Waals surface area contributed by atoms with Crippen LogP contribution >= 0.6 is 23.2 Å². The number of aromatic nitrogens is 2. The van der Waals surface area contributed by atoms with Gasteiger partial charge >= 0.3 is 0 Å². The van der Waals surface area contributed by atoms with Crippen LogP contribution in [0, 0.1) is 6.92 Å². The van der Waals surface area contributed by atoms with E-state index in [2.05, 4.69) is 15.5 Å². The molecule has 0 atom stereocenters. The minimum Gasteiger partial charge on any atom is -0.419 e. The van der Waals surface area contributed by atoms with Gasteiger partial charge in [0, 0.05) is 21.3 Å². The summed E-state index contributed by atoms with van der Waals surface area (Å²) >= 11 is 12.0. The van der Waals surface area contributed by atoms with Crippen LogP contribution in [0.3, 0.4) is 0 Å². The number of halogens is 2. The topological polar surface area (TPSA) is 51.0 Å². The van der Waals surface area contributed by atoms with Crippen molar-refractivity contribution < 1.29 is 4.42 Å². The molecule has 112 valence electrons. The molecule has 1 N–H and O–H groups in total. The lowest BCUT2D eigenvalue weighted by molar-refractivity contribution is 0.515. The van der Waals surface area contributed by atoms with E-state index >= 15 is 0 Å². The Kier molecular flexibility index (Phi) is 4.32. The first kappa shape index (κ1) is 14.9. The van der Waals surface area contributed by atoms with Crippen molar-refractivity contribution in [3.63, 3.8) is 0 Å². The van der Waals surface area contributed by atoms with Gasteiger partial charge < -0.3 is 9.73 Å². The third-order valence-corrected chi connectivity index (χ3v) is 3.92. The highest BCUT2D eigenvalue weighted by molar-refractivity contribution is 6.31. The van der Waals surface area contributed by atoms with Crippen molar-refractivity contribution in [2.75, 3.05) is 5.32 Å². The van der Waals surface area contributed by atoms with Gasteiger partial charge in [-0.2, -0.15) is 0 Å². The molecule has 6 heteroatoms. The second-order valence-electron chi connectivity index (χ2n) is 4.77. The van der Waals surface area contributed by atoms with Gasteiger partial charge in [-0.1, -0.05) is 29.3 Å². The van der Waals surface area contributed by atoms with Crippen molar-refractivity contribution in [2.24, 2.45) is 0 Å². The fourth-order valence-corrected chi connectivity index (χ4v) is 2.30. The van der Waals surface area contributed by atoms with E-state index in [0.29, 0.717) is 23.3 Å². The van der Waals surface area contributed by atoms with E-state index in [9.17, 15) is 0 Å². The standard InChI is InChI=1S/C16H13Cl2N3O/c1-10-13(18)3-2-4-14(10)19-9-15-20-21-16(22-15)11-5-7-12(17)8-6-11/h2-8,19H,9H2,1H3. The minimum absolute atomic E-state index is 0.432. The molecule has 2 aromatic carbocycles. The summed E-state index contributed by atoms with van der Waals surface area (Å²) in [5.41, 5.74) is 2.77. The van der Waals surface area contributed by atoms with E-state index in [1.165, 1.54) is 0 Å². The molecular formula is C16H13Cl2N3O. The van der Waals surface area contributed by atoms with Crippen molar-refractivity contribution in [1.29, 1.82) is 0 Å². The van der Waals surface area contributed by atoms with E-state index in [0.717, 1.165) is 21.8 Å². The fraction of sp³-hybridized carbons (Fsp3) is 0.125. The van der Waals surface area contributed by atoms with Gasteiger partial charge in [0.2, 0.25) is 11.8 Å². The van der Waals surface area contributed by atoms with Gasteiger partial charge in [-0.3, -0.25) is 0 Å². The monoisotopic (exact) mass is 333 g/mol. The molecular weight excluding hydrogens is 321 g/mol. The molecule has 3 rings (SSSR count). The molecule has 0 saturated carbocycles. The molecule has 0 aliphatic heterocycles. The molecule has 0 spiro atoms. The van der Waals surface area contributed by atoms with Gasteiger partial charge in [-0.05, 0) is 48.9 Å². The minimum atomic E-state index is 0.432. The number of nitrogens with zero attached hydrogens (tertiary/aromatic N) is 2. The smallest absolute Gasteiger partial charge is 0.247 e. The zero-order valence-corrected chi connectivity index (χ0v) is 13.3. The van der Waals surface area contributed by atoms with Crippen LogP contribution in [-0.4, -0.2) is 10.2 Å². The lowest BCUT2D eigenvalue weighted by Gasteiger charge is -2.08. The molecule has 1 heterocycles. The van der Waals surface area contributed by atoms with E-state index in [4.69, 9.17) is 27.6 Å². The van der Waals surface area contributed by atoms with Crippen LogP contribution in [-0.2, 0) is 6.54 Å². The Morgan fingerprint density at radius 3 is 2.59 bits per heavy atom. The zero-order chi connectivity index (χ0) is 15.5. The summed E-state index contributed by atoms with van der Waals surface area (Å²) in [6.07, 6.45) is 0. The second-order valence-corrected chi connectivity index (χ2v) is 5.62. The third-order valence-electron chi connectivity index (χ3n) is 3.26. The summed E-state index contributed by atoms with van der Waals surface area (Å²) < 4.78 is 5.64. The van der Waals surface area contributed by atoms with E-state index in [1.54, 1.807) is 12.1 Å². The average Bonchev–Trinajstić information content (AvgIpc) is 2.98. The Morgan fingerprint density at radius 2 is 1.82 bits per heavy atom. The SMILES string of the molecule is Cc1c(Cl)cccc1NCc1nnc(-c2ccc(Cl)cc2)o1. The first-order valence-corrected chi connectivity index (χ1v) is 7.46. The van der Waals surface area contributed by atoms with Crippen molar-refractivity contribution in [3.8, 4) is 11.5 Å². The van der Waals surface area contributed by atoms with Crippen LogP contribution in [0.4, 0.5) is 5.69 Å². The summed E-state index contributed by atoms with van der Waals surface area (Å²) in [5, 5.41) is 12.7. The molecule has 0 radical (unpaired) electrons. The number of hydrogen-bond donors (Lipinski definition) is 1. The molecule has 0 bridgehead atoms. The molecule has 0 aliphatic rings. The van der Waals surface area contributed by atoms with Crippen LogP contribution in [0.5, 0.6) is 0 Å². The Morgan fingerprint density at radius 1 is 1.05 bits per heavy atom. The first-order chi connectivity index (χ1) is 10.6. The molecule has 0 aliphatic carbocycles. The number of anilines is 1. The van der Waals surface area contributed by atoms with Gasteiger partial charge in [0.05, 0.1) is 6.54 Å². The average molecular weight is 334 g/mol. The number of hydrogen-bond acceptors (Lipinski definition) is 4. The van der Waals surface area contributed by atoms with E-state index < -0.39 is 0 Å². The summed E-state index contributed by atoms with van der Waals surface area (Å²) in [5.74, 6) is 0.973. The Hall–Kier alpha value is -2.04. The van der Waals surface area contributed by atoms with E-state index in [1.807, 2.05) is 37.3 Å². The summed E-state index contributed by atoms with van der Waals surface area (Å²) in [4.78, 5) is 0. The van der Waals surface area contributed by atoms with Crippen LogP contribution in [0.1, 0.15) is 11.5 Å². The molecule has 4 nitrogen and oxygen atoms in total. The molecule has 0 fully saturated rings. The Bertz CT molecular complexity index is 784. The highest BCUT2D eigenvalue weighted by Gasteiger charge is 2.09. The van der Waals surface area contributed by atoms with Crippen LogP contribution in [0.15, 0.2) is 46.9 Å². The van der Waals surface area contributed by atoms with Crippen molar-refractivity contribution in [3.05, 3.63) is 64.0 Å². The predicted molar refractivity (Wildman–Crippen MR) is 88.3 cm³/mol. The second kappa shape index (κ2) is 6.38. The summed E-state index contributed by atoms with van der Waals surface area (Å²) in [6.45, 7) is 2.39. The van der Waals surface area contributed by atoms with Crippen molar-refractivity contribution >= 4 is 28.9 Å². The number of rotatable bonds is 4. The molecule has 0 unspecified atom stereocenters. The maximum absolute atomic E-state index is 6.09. The molecule has 0 saturated heterocycles. The van der Waals surface area contributed by atoms with Crippen molar-refractivity contribution in [1.82, 2.24) is 10.2 Å². The maximum atomic E-state index is 6.09. The Labute approximate surface area is 138 Å². The zero-order valence-electron chi connectivity index (χ0n) is 11.8. The molecule has 1 aromatic heterocycles. The third kappa shape index (κ3) is 3.24. The van der Waals surface area contributed by atoms with Gasteiger partial charge in [-0.25, -0.2) is 0 Å². The largest absolute Gasteiger partial charge is 0.419 e. The van der Waals surface area contributed by atoms with Gasteiger partial charge in [0.15, 0.2) is 0 Å². The molecule has 3 aromatic rings. The lowest BCUT2D eigenvalue weighted by Crippen LogP contribution is -2.01. The number of nitrogens with one attached hydrogen (secondary N) is 1. The fourth-order valence-electron chi connectivity index (χ4n) is 2.00. The maximum Gasteiger partial charge on any atom is 0.247 e. The van der Waals surface area contributed by atoms with E-state index in [-0.39, 0.29) is 0 Å². The van der Waals surface area contributed by atoms with Gasteiger partial charge in [0.25, 0.3) is 0 Å². The number of benzene rings is 2. The van der Waals surface area contributed by atoms with Crippen LogP contribution in [0.25, 0.3) is 11.5 Å². The normalized spacial score (nSPS) is 10.7. The first-order valence-electron chi connectivity index (χ1n) is 6.71. The summed E-state index contributed by atoms with van der Waals surface area (Å²) in [6, 6.07) is 13.0. The van der Waals surface area contributed by atoms with Gasteiger partial charge in [-0.15, -0.1) is 10.2 Å². The Balaban J connectivity index is 1.72. The van der Waals surface area contributed by atoms with Crippen molar-refractivity contribution in [2.45, 2.75) is 13.5 Å².